The number of rotatable bonds is 5. The van der Waals surface area contributed by atoms with E-state index < -0.39 is 5.60 Å². The molecular weight excluding hydrogens is 302 g/mol. The molecular formula is C16H20ClN3O2. The third-order valence-electron chi connectivity index (χ3n) is 3.29. The molecule has 3 N–H and O–H groups in total. The summed E-state index contributed by atoms with van der Waals surface area (Å²) in [4.78, 5) is 4.12. The summed E-state index contributed by atoms with van der Waals surface area (Å²) in [5, 5.41) is 17.3. The van der Waals surface area contributed by atoms with Crippen molar-refractivity contribution in [2.75, 3.05) is 13.6 Å². The van der Waals surface area contributed by atoms with Crippen LogP contribution in [0.25, 0.3) is 0 Å². The first-order valence-electron chi connectivity index (χ1n) is 6.97. The highest BCUT2D eigenvalue weighted by atomic mass is 35.5. The molecule has 0 aliphatic heterocycles. The molecule has 0 amide bonds. The van der Waals surface area contributed by atoms with E-state index in [0.29, 0.717) is 23.1 Å². The number of benzene rings is 1. The van der Waals surface area contributed by atoms with Crippen LogP contribution in [-0.4, -0.2) is 24.7 Å². The number of nitrogens with one attached hydrogen (secondary N) is 2. The second kappa shape index (κ2) is 7.33. The monoisotopic (exact) mass is 321 g/mol. The van der Waals surface area contributed by atoms with Gasteiger partial charge in [-0.15, -0.1) is 0 Å². The molecule has 22 heavy (non-hydrogen) atoms. The van der Waals surface area contributed by atoms with E-state index in [2.05, 4.69) is 15.6 Å². The van der Waals surface area contributed by atoms with Gasteiger partial charge in [-0.05, 0) is 25.1 Å². The lowest BCUT2D eigenvalue weighted by Crippen LogP contribution is -2.44. The molecule has 0 bridgehead atoms. The predicted octanol–water partition coefficient (Wildman–Crippen LogP) is 2.51. The van der Waals surface area contributed by atoms with E-state index >= 15 is 0 Å². The van der Waals surface area contributed by atoms with Crippen molar-refractivity contribution in [2.45, 2.75) is 19.1 Å². The molecule has 5 nitrogen and oxygen atoms in total. The van der Waals surface area contributed by atoms with Gasteiger partial charge in [0.15, 0.2) is 5.96 Å². The molecule has 6 heteroatoms. The molecule has 1 heterocycles. The van der Waals surface area contributed by atoms with Gasteiger partial charge in [-0.2, -0.15) is 0 Å². The highest BCUT2D eigenvalue weighted by Crippen LogP contribution is 2.27. The topological polar surface area (TPSA) is 69.8 Å². The SMILES string of the molecule is CN=C(NCc1ccco1)NCC(C)(O)c1ccccc1Cl. The molecule has 1 aromatic carbocycles. The van der Waals surface area contributed by atoms with Gasteiger partial charge in [-0.25, -0.2) is 0 Å². The number of aliphatic imine (C=N–C) groups is 1. The molecule has 1 aromatic heterocycles. The van der Waals surface area contributed by atoms with Crippen molar-refractivity contribution in [3.63, 3.8) is 0 Å². The Labute approximate surface area is 135 Å². The molecule has 0 fully saturated rings. The largest absolute Gasteiger partial charge is 0.467 e. The maximum Gasteiger partial charge on any atom is 0.191 e. The summed E-state index contributed by atoms with van der Waals surface area (Å²) in [6, 6.07) is 11.0. The molecule has 2 aromatic rings. The van der Waals surface area contributed by atoms with Crippen molar-refractivity contribution >= 4 is 17.6 Å². The molecule has 118 valence electrons. The Bertz CT molecular complexity index is 624. The minimum absolute atomic E-state index is 0.272. The summed E-state index contributed by atoms with van der Waals surface area (Å²) in [7, 11) is 1.67. The lowest BCUT2D eigenvalue weighted by Gasteiger charge is -2.26. The van der Waals surface area contributed by atoms with Gasteiger partial charge in [0.05, 0.1) is 19.4 Å². The summed E-state index contributed by atoms with van der Waals surface area (Å²) in [6.45, 7) is 2.50. The number of nitrogens with zero attached hydrogens (tertiary/aromatic N) is 1. The van der Waals surface area contributed by atoms with E-state index in [0.717, 1.165) is 5.76 Å². The van der Waals surface area contributed by atoms with Gasteiger partial charge >= 0.3 is 0 Å². The minimum Gasteiger partial charge on any atom is -0.467 e. The van der Waals surface area contributed by atoms with Crippen LogP contribution in [0.15, 0.2) is 52.1 Å². The van der Waals surface area contributed by atoms with Crippen molar-refractivity contribution in [3.8, 4) is 0 Å². The third kappa shape index (κ3) is 4.26. The van der Waals surface area contributed by atoms with E-state index in [-0.39, 0.29) is 6.54 Å². The van der Waals surface area contributed by atoms with Crippen LogP contribution in [0.5, 0.6) is 0 Å². The highest BCUT2D eigenvalue weighted by molar-refractivity contribution is 6.31. The van der Waals surface area contributed by atoms with Crippen LogP contribution in [0.2, 0.25) is 5.02 Å². The highest BCUT2D eigenvalue weighted by Gasteiger charge is 2.25. The molecule has 0 saturated heterocycles. The number of halogens is 1. The second-order valence-electron chi connectivity index (χ2n) is 5.11. The average Bonchev–Trinajstić information content (AvgIpc) is 3.01. The molecule has 0 spiro atoms. The van der Waals surface area contributed by atoms with Gasteiger partial charge in [-0.1, -0.05) is 29.8 Å². The zero-order chi connectivity index (χ0) is 16.0. The maximum atomic E-state index is 10.6. The minimum atomic E-state index is -1.11. The van der Waals surface area contributed by atoms with Crippen LogP contribution in [0, 0.1) is 0 Å². The van der Waals surface area contributed by atoms with Gasteiger partial charge in [0, 0.05) is 17.6 Å². The Morgan fingerprint density at radius 2 is 2.05 bits per heavy atom. The van der Waals surface area contributed by atoms with Gasteiger partial charge in [0.25, 0.3) is 0 Å². The zero-order valence-electron chi connectivity index (χ0n) is 12.6. The Morgan fingerprint density at radius 3 is 2.68 bits per heavy atom. The molecule has 1 unspecified atom stereocenters. The van der Waals surface area contributed by atoms with Gasteiger partial charge in [-0.3, -0.25) is 4.99 Å². The summed E-state index contributed by atoms with van der Waals surface area (Å²) < 4.78 is 5.25. The number of furan rings is 1. The number of hydrogen-bond acceptors (Lipinski definition) is 3. The van der Waals surface area contributed by atoms with Gasteiger partial charge in [0.2, 0.25) is 0 Å². The zero-order valence-corrected chi connectivity index (χ0v) is 13.4. The number of aliphatic hydroxyl groups is 1. The Balaban J connectivity index is 1.93. The summed E-state index contributed by atoms with van der Waals surface area (Å²) in [5.74, 6) is 1.38. The third-order valence-corrected chi connectivity index (χ3v) is 3.62. The van der Waals surface area contributed by atoms with Crippen LogP contribution in [0.4, 0.5) is 0 Å². The fourth-order valence-electron chi connectivity index (χ4n) is 2.05. The summed E-state index contributed by atoms with van der Waals surface area (Å²) >= 11 is 6.14. The van der Waals surface area contributed by atoms with Gasteiger partial charge in [0.1, 0.15) is 11.4 Å². The number of guanidine groups is 1. The lowest BCUT2D eigenvalue weighted by atomic mass is 9.96. The second-order valence-corrected chi connectivity index (χ2v) is 5.52. The maximum absolute atomic E-state index is 10.6. The molecule has 0 aliphatic carbocycles. The average molecular weight is 322 g/mol. The quantitative estimate of drug-likeness (QED) is 0.584. The first-order valence-corrected chi connectivity index (χ1v) is 7.35. The van der Waals surface area contributed by atoms with E-state index in [9.17, 15) is 5.11 Å². The number of hydrogen-bond donors (Lipinski definition) is 3. The van der Waals surface area contributed by atoms with E-state index in [1.165, 1.54) is 0 Å². The predicted molar refractivity (Wildman–Crippen MR) is 87.9 cm³/mol. The first-order chi connectivity index (χ1) is 10.5. The van der Waals surface area contributed by atoms with Crippen molar-refractivity contribution in [1.29, 1.82) is 0 Å². The Morgan fingerprint density at radius 1 is 1.27 bits per heavy atom. The smallest absolute Gasteiger partial charge is 0.191 e. The van der Waals surface area contributed by atoms with Crippen LogP contribution in [-0.2, 0) is 12.1 Å². The molecule has 2 rings (SSSR count). The first kappa shape index (κ1) is 16.4. The molecule has 0 radical (unpaired) electrons. The van der Waals surface area contributed by atoms with Crippen molar-refractivity contribution in [2.24, 2.45) is 4.99 Å². The van der Waals surface area contributed by atoms with Crippen LogP contribution in [0.3, 0.4) is 0 Å². The van der Waals surface area contributed by atoms with Crippen molar-refractivity contribution < 1.29 is 9.52 Å². The van der Waals surface area contributed by atoms with Crippen LogP contribution in [0.1, 0.15) is 18.2 Å². The Kier molecular flexibility index (Phi) is 5.46. The van der Waals surface area contributed by atoms with Crippen molar-refractivity contribution in [1.82, 2.24) is 10.6 Å². The standard InChI is InChI=1S/C16H20ClN3O2/c1-16(21,13-7-3-4-8-14(13)17)11-20-15(18-2)19-10-12-6-5-9-22-12/h3-9,21H,10-11H2,1-2H3,(H2,18,19,20). The van der Waals surface area contributed by atoms with Gasteiger partial charge < -0.3 is 20.2 Å². The normalized spacial score (nSPS) is 14.5. The molecule has 0 saturated carbocycles. The molecule has 1 atom stereocenters. The summed E-state index contributed by atoms with van der Waals surface area (Å²) in [5.41, 5.74) is -0.439. The lowest BCUT2D eigenvalue weighted by molar-refractivity contribution is 0.0618. The fraction of sp³-hybridized carbons (Fsp3) is 0.312. The van der Waals surface area contributed by atoms with E-state index in [1.807, 2.05) is 30.3 Å². The Hall–Kier alpha value is -1.98. The van der Waals surface area contributed by atoms with Crippen molar-refractivity contribution in [3.05, 3.63) is 59.0 Å². The van der Waals surface area contributed by atoms with Crippen LogP contribution < -0.4 is 10.6 Å². The van der Waals surface area contributed by atoms with Crippen LogP contribution >= 0.6 is 11.6 Å². The van der Waals surface area contributed by atoms with E-state index in [4.69, 9.17) is 16.0 Å². The fourth-order valence-corrected chi connectivity index (χ4v) is 2.39. The summed E-state index contributed by atoms with van der Waals surface area (Å²) in [6.07, 6.45) is 1.62. The molecule has 0 aliphatic rings. The van der Waals surface area contributed by atoms with E-state index in [1.54, 1.807) is 26.3 Å².